The quantitative estimate of drug-likeness (QED) is 0.471. The first-order chi connectivity index (χ1) is 13.0. The Bertz CT molecular complexity index is 1150. The monoisotopic (exact) mass is 433 g/mol. The molecule has 2 aromatic heterocycles. The molecule has 0 unspecified atom stereocenters. The molecule has 0 fully saturated rings. The van der Waals surface area contributed by atoms with Gasteiger partial charge in [-0.1, -0.05) is 13.8 Å². The number of aromatic nitrogens is 2. The first kappa shape index (κ1) is 23.3. The number of hydrogen-bond acceptors (Lipinski definition) is 2. The molecule has 2 aromatic carbocycles. The van der Waals surface area contributed by atoms with Crippen LogP contribution in [0.2, 0.25) is 0 Å². The number of halogens is 2. The Morgan fingerprint density at radius 1 is 1.00 bits per heavy atom. The summed E-state index contributed by atoms with van der Waals surface area (Å²) in [4.78, 5) is 6.00. The number of benzene rings is 2. The van der Waals surface area contributed by atoms with Crippen LogP contribution >= 0.6 is 12.4 Å². The van der Waals surface area contributed by atoms with Crippen LogP contribution in [0.15, 0.2) is 36.7 Å². The van der Waals surface area contributed by atoms with Gasteiger partial charge in [0.15, 0.2) is 18.9 Å². The van der Waals surface area contributed by atoms with Crippen LogP contribution in [0.1, 0.15) is 25.0 Å². The van der Waals surface area contributed by atoms with Crippen LogP contribution < -0.4 is 17.0 Å². The molecule has 0 radical (unpaired) electrons. The fourth-order valence-electron chi connectivity index (χ4n) is 4.22. The maximum absolute atomic E-state index is 9.97. The predicted octanol–water partition coefficient (Wildman–Crippen LogP) is 1.85. The van der Waals surface area contributed by atoms with E-state index in [1.165, 1.54) is 32.8 Å². The van der Waals surface area contributed by atoms with Crippen molar-refractivity contribution >= 4 is 45.0 Å². The van der Waals surface area contributed by atoms with Gasteiger partial charge in [0.05, 0.1) is 12.1 Å². The summed E-state index contributed by atoms with van der Waals surface area (Å²) in [5.74, 6) is 0.308. The molecule has 156 valence electrons. The Hall–Kier alpha value is -2.01. The van der Waals surface area contributed by atoms with E-state index < -0.39 is 0 Å². The number of H-pyrrole nitrogens is 1. The van der Waals surface area contributed by atoms with Crippen LogP contribution in [0.3, 0.4) is 0 Å². The van der Waals surface area contributed by atoms with Crippen molar-refractivity contribution in [2.45, 2.75) is 34.2 Å². The van der Waals surface area contributed by atoms with Gasteiger partial charge in [-0.25, -0.2) is 4.57 Å². The second kappa shape index (κ2) is 9.21. The second-order valence-corrected chi connectivity index (χ2v) is 7.39. The minimum Gasteiger partial charge on any atom is -1.00 e. The molecule has 0 saturated heterocycles. The summed E-state index contributed by atoms with van der Waals surface area (Å²) in [5.41, 5.74) is 4.76. The van der Waals surface area contributed by atoms with Crippen molar-refractivity contribution in [3.8, 4) is 5.75 Å². The van der Waals surface area contributed by atoms with Crippen molar-refractivity contribution in [3.05, 3.63) is 47.8 Å². The maximum Gasteiger partial charge on any atom is 0.176 e. The maximum atomic E-state index is 9.97. The largest absolute Gasteiger partial charge is 1.00 e. The number of rotatable bonds is 5. The van der Waals surface area contributed by atoms with E-state index in [-0.39, 0.29) is 24.8 Å². The number of fused-ring (bicyclic) bond motifs is 4. The molecule has 4 rings (SSSR count). The van der Waals surface area contributed by atoms with E-state index in [4.69, 9.17) is 0 Å². The fourth-order valence-corrected chi connectivity index (χ4v) is 4.22. The molecule has 0 atom stereocenters. The van der Waals surface area contributed by atoms with Crippen LogP contribution in [-0.4, -0.2) is 34.6 Å². The van der Waals surface area contributed by atoms with Crippen molar-refractivity contribution in [1.29, 1.82) is 0 Å². The van der Waals surface area contributed by atoms with E-state index in [0.29, 0.717) is 5.75 Å². The zero-order valence-corrected chi connectivity index (χ0v) is 19.0. The molecule has 6 heteroatoms. The number of hydrogen-bond donors (Lipinski definition) is 2. The molecule has 0 amide bonds. The van der Waals surface area contributed by atoms with Gasteiger partial charge in [0.1, 0.15) is 5.75 Å². The Morgan fingerprint density at radius 3 is 2.41 bits per heavy atom. The fraction of sp³-hybridized carbons (Fsp3) is 0.348. The average Bonchev–Trinajstić information content (AvgIpc) is 3.06. The Labute approximate surface area is 184 Å². The summed E-state index contributed by atoms with van der Waals surface area (Å²) in [6.07, 6.45) is 4.47. The molecule has 0 aliphatic rings. The number of aromatic hydroxyl groups is 1. The minimum absolute atomic E-state index is 0. The normalized spacial score (nSPS) is 11.2. The minimum atomic E-state index is 0. The highest BCUT2D eigenvalue weighted by Gasteiger charge is 2.17. The molecule has 2 heterocycles. The van der Waals surface area contributed by atoms with Gasteiger partial charge in [-0.2, -0.15) is 0 Å². The zero-order chi connectivity index (χ0) is 19.1. The molecular formula is C23H29Cl2N3O. The lowest BCUT2D eigenvalue weighted by Crippen LogP contribution is -3.00. The number of phenolic OH excluding ortho intramolecular Hbond substituents is 1. The van der Waals surface area contributed by atoms with E-state index in [1.807, 2.05) is 12.1 Å². The van der Waals surface area contributed by atoms with Crippen molar-refractivity contribution in [2.75, 3.05) is 19.6 Å². The molecule has 2 N–H and O–H groups in total. The van der Waals surface area contributed by atoms with Gasteiger partial charge in [-0.05, 0) is 61.6 Å². The first-order valence-electron chi connectivity index (χ1n) is 9.82. The van der Waals surface area contributed by atoms with Gasteiger partial charge in [-0.3, -0.25) is 4.90 Å². The zero-order valence-electron chi connectivity index (χ0n) is 17.4. The Morgan fingerprint density at radius 2 is 1.72 bits per heavy atom. The molecule has 0 bridgehead atoms. The second-order valence-electron chi connectivity index (χ2n) is 7.39. The van der Waals surface area contributed by atoms with Crippen LogP contribution in [0.5, 0.6) is 5.75 Å². The van der Waals surface area contributed by atoms with Crippen molar-refractivity contribution in [3.63, 3.8) is 0 Å². The lowest BCUT2D eigenvalue weighted by Gasteiger charge is -2.15. The summed E-state index contributed by atoms with van der Waals surface area (Å²) in [6, 6.07) is 7.80. The molecular weight excluding hydrogens is 405 g/mol. The average molecular weight is 434 g/mol. The van der Waals surface area contributed by atoms with Crippen LogP contribution in [0, 0.1) is 13.8 Å². The smallest absolute Gasteiger partial charge is 0.176 e. The third-order valence-corrected chi connectivity index (χ3v) is 5.93. The van der Waals surface area contributed by atoms with Crippen LogP contribution in [-0.2, 0) is 6.54 Å². The number of likely N-dealkylation sites (N-methyl/N-ethyl adjacent to an activating group) is 1. The lowest BCUT2D eigenvalue weighted by molar-refractivity contribution is -0.695. The summed E-state index contributed by atoms with van der Waals surface area (Å²) in [7, 11) is 0. The number of aromatic amines is 1. The number of aryl methyl sites for hydroxylation is 2. The number of phenols is 1. The third kappa shape index (κ3) is 4.02. The molecule has 0 aliphatic heterocycles. The Balaban J connectivity index is 0.00000150. The SMILES string of the molecule is CCN(CC)CC[n+]1ccc2c(C)c3[nH]c4ccc(O)cc4c3c(C)c2c1.Cl.[Cl-]. The molecule has 29 heavy (non-hydrogen) atoms. The summed E-state index contributed by atoms with van der Waals surface area (Å²) in [5, 5.41) is 14.8. The summed E-state index contributed by atoms with van der Waals surface area (Å²) in [6.45, 7) is 13.0. The number of nitrogens with zero attached hydrogens (tertiary/aromatic N) is 2. The number of nitrogens with one attached hydrogen (secondary N) is 1. The topological polar surface area (TPSA) is 43.1 Å². The van der Waals surface area contributed by atoms with Crippen LogP contribution in [0.4, 0.5) is 0 Å². The molecule has 4 aromatic rings. The highest BCUT2D eigenvalue weighted by atomic mass is 35.5. The van der Waals surface area contributed by atoms with E-state index >= 15 is 0 Å². The van der Waals surface area contributed by atoms with E-state index in [1.54, 1.807) is 6.07 Å². The van der Waals surface area contributed by atoms with Crippen molar-refractivity contribution in [1.82, 2.24) is 9.88 Å². The molecule has 0 aliphatic carbocycles. The third-order valence-electron chi connectivity index (χ3n) is 5.93. The van der Waals surface area contributed by atoms with E-state index in [2.05, 4.69) is 60.6 Å². The Kier molecular flexibility index (Phi) is 7.39. The van der Waals surface area contributed by atoms with Gasteiger partial charge in [-0.15, -0.1) is 12.4 Å². The summed E-state index contributed by atoms with van der Waals surface area (Å²) < 4.78 is 2.30. The van der Waals surface area contributed by atoms with E-state index in [9.17, 15) is 5.11 Å². The van der Waals surface area contributed by atoms with Gasteiger partial charge in [0.25, 0.3) is 0 Å². The molecule has 0 spiro atoms. The highest BCUT2D eigenvalue weighted by Crippen LogP contribution is 2.37. The molecule has 0 saturated carbocycles. The van der Waals surface area contributed by atoms with Gasteiger partial charge in [0.2, 0.25) is 0 Å². The van der Waals surface area contributed by atoms with E-state index in [0.717, 1.165) is 37.1 Å². The molecule has 4 nitrogen and oxygen atoms in total. The lowest BCUT2D eigenvalue weighted by atomic mass is 9.97. The highest BCUT2D eigenvalue weighted by molar-refractivity contribution is 6.16. The van der Waals surface area contributed by atoms with Gasteiger partial charge < -0.3 is 22.5 Å². The van der Waals surface area contributed by atoms with Crippen molar-refractivity contribution in [2.24, 2.45) is 0 Å². The van der Waals surface area contributed by atoms with Crippen molar-refractivity contribution < 1.29 is 22.1 Å². The summed E-state index contributed by atoms with van der Waals surface area (Å²) >= 11 is 0. The standard InChI is InChI=1S/C23H27N3O.2ClH/c1-5-25(6-2)11-12-26-10-9-18-16(4)23-22(15(3)20(18)14-26)19-13-17(27)7-8-21(19)24-23;;/h7-10,13-14,27H,5-6,11-12H2,1-4H3;2*1H. The first-order valence-corrected chi connectivity index (χ1v) is 9.82. The van der Waals surface area contributed by atoms with Gasteiger partial charge >= 0.3 is 0 Å². The van der Waals surface area contributed by atoms with Crippen LogP contribution in [0.25, 0.3) is 32.6 Å². The number of pyridine rings is 1. The van der Waals surface area contributed by atoms with Gasteiger partial charge in [0, 0.05) is 27.7 Å². The predicted molar refractivity (Wildman–Crippen MR) is 120 cm³/mol.